The lowest BCUT2D eigenvalue weighted by Gasteiger charge is -2.37. The normalized spacial score (nSPS) is 14.2. The number of amides is 1. The van der Waals surface area contributed by atoms with Crippen LogP contribution in [0.2, 0.25) is 5.02 Å². The first-order chi connectivity index (χ1) is 21.5. The van der Waals surface area contributed by atoms with Crippen LogP contribution in [0, 0.1) is 5.92 Å². The Morgan fingerprint density at radius 1 is 0.750 bits per heavy atom. The molecule has 1 unspecified atom stereocenters. The van der Waals surface area contributed by atoms with E-state index in [1.165, 1.54) is 0 Å². The number of nitrogens with zero attached hydrogens (tertiary/aromatic N) is 1. The van der Waals surface area contributed by atoms with Gasteiger partial charge in [-0.3, -0.25) is 9.59 Å². The van der Waals surface area contributed by atoms with E-state index in [0.29, 0.717) is 17.0 Å². The number of rotatable bonds is 9. The van der Waals surface area contributed by atoms with Crippen molar-refractivity contribution in [2.75, 3.05) is 23.3 Å². The van der Waals surface area contributed by atoms with Crippen molar-refractivity contribution < 1.29 is 9.59 Å². The van der Waals surface area contributed by atoms with Gasteiger partial charge in [0.25, 0.3) is 0 Å². The fourth-order valence-electron chi connectivity index (χ4n) is 6.27. The highest BCUT2D eigenvalue weighted by molar-refractivity contribution is 6.30. The molecule has 5 heteroatoms. The molecule has 1 amide bonds. The fraction of sp³-hybridized carbons (Fsp3) is 0.179. The van der Waals surface area contributed by atoms with Crippen LogP contribution in [-0.4, -0.2) is 24.8 Å². The molecule has 1 aliphatic rings. The van der Waals surface area contributed by atoms with Crippen molar-refractivity contribution in [3.8, 4) is 11.1 Å². The van der Waals surface area contributed by atoms with Crippen molar-refractivity contribution in [2.45, 2.75) is 25.2 Å². The molecule has 6 rings (SSSR count). The molecule has 1 fully saturated rings. The van der Waals surface area contributed by atoms with E-state index in [2.05, 4.69) is 46.6 Å². The molecule has 1 N–H and O–H groups in total. The number of carbonyl (C=O) groups excluding carboxylic acids is 2. The fourth-order valence-corrected chi connectivity index (χ4v) is 6.46. The number of Topliss-reactive ketones (excluding diaryl/α,β-unsaturated/α-hetero) is 1. The predicted molar refractivity (Wildman–Crippen MR) is 181 cm³/mol. The van der Waals surface area contributed by atoms with E-state index >= 15 is 0 Å². The summed E-state index contributed by atoms with van der Waals surface area (Å²) in [5.74, 6) is 0.164. The van der Waals surface area contributed by atoms with E-state index in [4.69, 9.17) is 11.6 Å². The molecule has 0 aliphatic carbocycles. The number of hydrogen-bond donors (Lipinski definition) is 1. The first-order valence-corrected chi connectivity index (χ1v) is 15.6. The molecule has 220 valence electrons. The Labute approximate surface area is 264 Å². The molecule has 0 saturated carbocycles. The van der Waals surface area contributed by atoms with Crippen LogP contribution < -0.4 is 10.2 Å². The molecule has 44 heavy (non-hydrogen) atoms. The first kappa shape index (κ1) is 29.4. The van der Waals surface area contributed by atoms with Crippen LogP contribution in [-0.2, 0) is 11.2 Å². The van der Waals surface area contributed by atoms with Gasteiger partial charge in [-0.25, -0.2) is 0 Å². The van der Waals surface area contributed by atoms with Crippen molar-refractivity contribution in [1.29, 1.82) is 0 Å². The quantitative estimate of drug-likeness (QED) is 0.172. The third-order valence-corrected chi connectivity index (χ3v) is 8.76. The second-order valence-corrected chi connectivity index (χ2v) is 11.8. The molecule has 1 aliphatic heterocycles. The molecule has 1 heterocycles. The van der Waals surface area contributed by atoms with Crippen LogP contribution in [0.25, 0.3) is 11.1 Å². The van der Waals surface area contributed by atoms with Crippen molar-refractivity contribution in [2.24, 2.45) is 5.92 Å². The second kappa shape index (κ2) is 13.7. The minimum absolute atomic E-state index is 0.0480. The summed E-state index contributed by atoms with van der Waals surface area (Å²) in [4.78, 5) is 29.3. The summed E-state index contributed by atoms with van der Waals surface area (Å²) < 4.78 is 0. The second-order valence-electron chi connectivity index (χ2n) is 11.4. The Hall–Kier alpha value is -4.67. The number of benzene rings is 5. The molecule has 5 aromatic carbocycles. The highest BCUT2D eigenvalue weighted by Gasteiger charge is 2.33. The lowest BCUT2D eigenvalue weighted by atomic mass is 9.79. The lowest BCUT2D eigenvalue weighted by molar-refractivity contribution is -0.118. The molecule has 0 spiro atoms. The zero-order chi connectivity index (χ0) is 30.3. The minimum atomic E-state index is -0.207. The average molecular weight is 599 g/mol. The number of nitrogens with one attached hydrogen (secondary N) is 1. The molecule has 5 aromatic rings. The van der Waals surface area contributed by atoms with Crippen LogP contribution in [0.3, 0.4) is 0 Å². The monoisotopic (exact) mass is 598 g/mol. The van der Waals surface area contributed by atoms with Crippen molar-refractivity contribution >= 4 is 34.7 Å². The Balaban J connectivity index is 1.11. The van der Waals surface area contributed by atoms with Gasteiger partial charge >= 0.3 is 0 Å². The third-order valence-electron chi connectivity index (χ3n) is 8.52. The summed E-state index contributed by atoms with van der Waals surface area (Å²) >= 11 is 6.22. The summed E-state index contributed by atoms with van der Waals surface area (Å²) in [6.07, 6.45) is 2.17. The Bertz CT molecular complexity index is 1710. The third kappa shape index (κ3) is 6.93. The number of hydrogen-bond acceptors (Lipinski definition) is 3. The van der Waals surface area contributed by atoms with Gasteiger partial charge in [0.1, 0.15) is 0 Å². The van der Waals surface area contributed by atoms with Gasteiger partial charge in [-0.1, -0.05) is 109 Å². The van der Waals surface area contributed by atoms with Crippen molar-refractivity contribution in [3.05, 3.63) is 155 Å². The summed E-state index contributed by atoms with van der Waals surface area (Å²) in [5, 5.41) is 3.79. The molecule has 0 bridgehead atoms. The van der Waals surface area contributed by atoms with Gasteiger partial charge in [0.15, 0.2) is 5.78 Å². The number of piperidine rings is 1. The summed E-state index contributed by atoms with van der Waals surface area (Å²) in [5.41, 5.74) is 6.54. The summed E-state index contributed by atoms with van der Waals surface area (Å²) in [6.45, 7) is 1.75. The number of carbonyl (C=O) groups is 2. The topological polar surface area (TPSA) is 49.4 Å². The predicted octanol–water partition coefficient (Wildman–Crippen LogP) is 9.07. The van der Waals surface area contributed by atoms with E-state index in [0.717, 1.165) is 59.6 Å². The van der Waals surface area contributed by atoms with Gasteiger partial charge in [-0.15, -0.1) is 0 Å². The van der Waals surface area contributed by atoms with E-state index in [1.54, 1.807) is 0 Å². The van der Waals surface area contributed by atoms with Gasteiger partial charge in [-0.05, 0) is 77.4 Å². The van der Waals surface area contributed by atoms with Crippen LogP contribution in [0.4, 0.5) is 11.4 Å². The van der Waals surface area contributed by atoms with Gasteiger partial charge in [-0.2, -0.15) is 0 Å². The maximum atomic E-state index is 13.6. The van der Waals surface area contributed by atoms with Gasteiger partial charge in [0.2, 0.25) is 5.91 Å². The van der Waals surface area contributed by atoms with E-state index in [-0.39, 0.29) is 23.5 Å². The zero-order valence-electron chi connectivity index (χ0n) is 24.5. The van der Waals surface area contributed by atoms with Crippen LogP contribution >= 0.6 is 11.6 Å². The highest BCUT2D eigenvalue weighted by atomic mass is 35.5. The van der Waals surface area contributed by atoms with Gasteiger partial charge < -0.3 is 10.2 Å². The summed E-state index contributed by atoms with van der Waals surface area (Å²) in [7, 11) is 0. The van der Waals surface area contributed by atoms with Gasteiger partial charge in [0, 0.05) is 41.5 Å². The Morgan fingerprint density at radius 2 is 1.41 bits per heavy atom. The van der Waals surface area contributed by atoms with Crippen LogP contribution in [0.1, 0.15) is 40.2 Å². The van der Waals surface area contributed by atoms with Crippen LogP contribution in [0.15, 0.2) is 133 Å². The lowest BCUT2D eigenvalue weighted by Crippen LogP contribution is -2.38. The molecule has 0 radical (unpaired) electrons. The van der Waals surface area contributed by atoms with Crippen LogP contribution in [0.5, 0.6) is 0 Å². The molecule has 4 nitrogen and oxygen atoms in total. The number of halogens is 1. The summed E-state index contributed by atoms with van der Waals surface area (Å²) in [6, 6.07) is 43.5. The number of ketones is 1. The van der Waals surface area contributed by atoms with E-state index in [1.807, 2.05) is 97.1 Å². The maximum Gasteiger partial charge on any atom is 0.232 e. The standard InChI is InChI=1S/C39H35ClN2O2/c40-32-13-9-12-31(27-32)35-16-7-8-17-36(35)37(43)26-28-18-20-34(21-19-28)42-24-22-30(23-25-42)38(29-10-3-1-4-11-29)39(44)41-33-14-5-2-6-15-33/h1-21,27,30,38H,22-26H2,(H,41,44). The number of para-hydroxylation sites is 1. The Kier molecular flexibility index (Phi) is 9.19. The molecular weight excluding hydrogens is 564 g/mol. The largest absolute Gasteiger partial charge is 0.372 e. The zero-order valence-corrected chi connectivity index (χ0v) is 25.3. The molecular formula is C39H35ClN2O2. The molecule has 1 saturated heterocycles. The van der Waals surface area contributed by atoms with E-state index < -0.39 is 0 Å². The van der Waals surface area contributed by atoms with Crippen molar-refractivity contribution in [1.82, 2.24) is 0 Å². The SMILES string of the molecule is O=C(Cc1ccc(N2CCC(C(C(=O)Nc3ccccc3)c3ccccc3)CC2)cc1)c1ccccc1-c1cccc(Cl)c1. The minimum Gasteiger partial charge on any atom is -0.372 e. The van der Waals surface area contributed by atoms with Gasteiger partial charge in [0.05, 0.1) is 5.92 Å². The number of anilines is 2. The van der Waals surface area contributed by atoms with E-state index in [9.17, 15) is 9.59 Å². The molecule has 0 aromatic heterocycles. The smallest absolute Gasteiger partial charge is 0.232 e. The highest BCUT2D eigenvalue weighted by Crippen LogP contribution is 2.35. The van der Waals surface area contributed by atoms with Crippen molar-refractivity contribution in [3.63, 3.8) is 0 Å². The maximum absolute atomic E-state index is 13.6. The average Bonchev–Trinajstić information content (AvgIpc) is 3.06. The first-order valence-electron chi connectivity index (χ1n) is 15.2. The Morgan fingerprint density at radius 3 is 2.11 bits per heavy atom. The molecule has 1 atom stereocenters.